The van der Waals surface area contributed by atoms with Crippen LogP contribution in [0.5, 0.6) is 0 Å². The van der Waals surface area contributed by atoms with Gasteiger partial charge in [-0.3, -0.25) is 4.40 Å². The van der Waals surface area contributed by atoms with Gasteiger partial charge in [-0.05, 0) is 37.5 Å². The maximum atomic E-state index is 13.6. The molecule has 0 amide bonds. The third kappa shape index (κ3) is 2.49. The lowest BCUT2D eigenvalue weighted by atomic mass is 10.1. The van der Waals surface area contributed by atoms with E-state index in [-0.39, 0.29) is 5.65 Å². The number of pyridine rings is 1. The van der Waals surface area contributed by atoms with Crippen LogP contribution >= 0.6 is 0 Å². The molecule has 25 heavy (non-hydrogen) atoms. The molecule has 0 unspecified atom stereocenters. The van der Waals surface area contributed by atoms with Gasteiger partial charge in [0.05, 0.1) is 16.6 Å². The molecule has 4 rings (SSSR count). The zero-order chi connectivity index (χ0) is 17.6. The maximum Gasteiger partial charge on any atom is 0.417 e. The van der Waals surface area contributed by atoms with Crippen LogP contribution in [0.1, 0.15) is 30.4 Å². The van der Waals surface area contributed by atoms with Crippen LogP contribution in [0, 0.1) is 11.3 Å². The van der Waals surface area contributed by atoms with E-state index in [1.165, 1.54) is 0 Å². The third-order valence-corrected chi connectivity index (χ3v) is 4.65. The van der Waals surface area contributed by atoms with Crippen molar-refractivity contribution >= 4 is 22.5 Å². The molecule has 1 fully saturated rings. The summed E-state index contributed by atoms with van der Waals surface area (Å²) in [5.41, 5.74) is 0.0156. The summed E-state index contributed by atoms with van der Waals surface area (Å²) in [5, 5.41) is 9.39. The van der Waals surface area contributed by atoms with E-state index < -0.39 is 17.3 Å². The number of rotatable bonds is 1. The number of imidazole rings is 1. The number of anilines is 1. The fourth-order valence-electron chi connectivity index (χ4n) is 3.50. The highest BCUT2D eigenvalue weighted by atomic mass is 19.4. The second-order valence-corrected chi connectivity index (χ2v) is 6.21. The summed E-state index contributed by atoms with van der Waals surface area (Å²) in [7, 11) is 0. The second kappa shape index (κ2) is 5.66. The molecule has 0 N–H and O–H groups in total. The number of benzene rings is 1. The van der Waals surface area contributed by atoms with Gasteiger partial charge < -0.3 is 4.90 Å². The quantitative estimate of drug-likeness (QED) is 0.658. The van der Waals surface area contributed by atoms with E-state index in [4.69, 9.17) is 0 Å². The highest BCUT2D eigenvalue weighted by Gasteiger charge is 2.37. The normalized spacial score (nSPS) is 15.7. The van der Waals surface area contributed by atoms with Gasteiger partial charge in [-0.25, -0.2) is 4.98 Å². The molecular formula is C18H15F3N4. The van der Waals surface area contributed by atoms with Gasteiger partial charge in [-0.15, -0.1) is 0 Å². The summed E-state index contributed by atoms with van der Waals surface area (Å²) in [5.74, 6) is 0.453. The van der Waals surface area contributed by atoms with Crippen molar-refractivity contribution < 1.29 is 13.2 Å². The SMILES string of the molecule is N#Cc1c(C(F)(F)F)cc(N2CCCCC2)n2c1nc1ccccc12. The zero-order valence-corrected chi connectivity index (χ0v) is 13.3. The van der Waals surface area contributed by atoms with Crippen molar-refractivity contribution in [3.63, 3.8) is 0 Å². The van der Waals surface area contributed by atoms with Crippen molar-refractivity contribution in [3.05, 3.63) is 41.5 Å². The number of nitriles is 1. The topological polar surface area (TPSA) is 44.3 Å². The zero-order valence-electron chi connectivity index (χ0n) is 13.3. The van der Waals surface area contributed by atoms with Gasteiger partial charge in [-0.1, -0.05) is 12.1 Å². The minimum absolute atomic E-state index is 0.0686. The van der Waals surface area contributed by atoms with Gasteiger partial charge in [0.2, 0.25) is 0 Å². The average Bonchev–Trinajstić information content (AvgIpc) is 3.00. The Morgan fingerprint density at radius 1 is 1.08 bits per heavy atom. The lowest BCUT2D eigenvalue weighted by Crippen LogP contribution is -2.31. The molecule has 1 aliphatic rings. The molecule has 0 bridgehead atoms. The van der Waals surface area contributed by atoms with Gasteiger partial charge in [0.15, 0.2) is 5.65 Å². The number of piperidine rings is 1. The predicted octanol–water partition coefficient (Wildman–Crippen LogP) is 4.37. The fraction of sp³-hybridized carbons (Fsp3) is 0.333. The molecule has 4 nitrogen and oxygen atoms in total. The molecule has 3 heterocycles. The van der Waals surface area contributed by atoms with Crippen LogP contribution in [0.15, 0.2) is 30.3 Å². The molecule has 0 radical (unpaired) electrons. The molecule has 128 valence electrons. The first-order valence-corrected chi connectivity index (χ1v) is 8.17. The van der Waals surface area contributed by atoms with E-state index in [0.717, 1.165) is 25.3 Å². The smallest absolute Gasteiger partial charge is 0.358 e. The first-order valence-electron chi connectivity index (χ1n) is 8.17. The van der Waals surface area contributed by atoms with Crippen LogP contribution in [-0.4, -0.2) is 22.5 Å². The summed E-state index contributed by atoms with van der Waals surface area (Å²) in [6.07, 6.45) is -1.65. The Morgan fingerprint density at radius 2 is 1.80 bits per heavy atom. The van der Waals surface area contributed by atoms with Crippen LogP contribution in [0.25, 0.3) is 16.7 Å². The molecule has 1 saturated heterocycles. The number of alkyl halides is 3. The van der Waals surface area contributed by atoms with Crippen molar-refractivity contribution in [2.45, 2.75) is 25.4 Å². The third-order valence-electron chi connectivity index (χ3n) is 4.65. The van der Waals surface area contributed by atoms with Crippen LogP contribution in [-0.2, 0) is 6.18 Å². The van der Waals surface area contributed by atoms with Gasteiger partial charge in [0.1, 0.15) is 17.5 Å². The lowest BCUT2D eigenvalue weighted by Gasteiger charge is -2.30. The van der Waals surface area contributed by atoms with Crippen LogP contribution in [0.4, 0.5) is 19.0 Å². The summed E-state index contributed by atoms with van der Waals surface area (Å²) < 4.78 is 42.4. The summed E-state index contributed by atoms with van der Waals surface area (Å²) in [6, 6.07) is 9.98. The number of nitrogens with zero attached hydrogens (tertiary/aromatic N) is 4. The number of aromatic nitrogens is 2. The Balaban J connectivity index is 2.12. The van der Waals surface area contributed by atoms with E-state index in [0.29, 0.717) is 29.9 Å². The van der Waals surface area contributed by atoms with Crippen LogP contribution in [0.3, 0.4) is 0 Å². The Kier molecular flexibility index (Phi) is 3.57. The summed E-state index contributed by atoms with van der Waals surface area (Å²) in [6.45, 7) is 1.40. The molecular weight excluding hydrogens is 329 g/mol. The number of hydrogen-bond acceptors (Lipinski definition) is 3. The Hall–Kier alpha value is -2.75. The van der Waals surface area contributed by atoms with E-state index in [1.54, 1.807) is 22.6 Å². The van der Waals surface area contributed by atoms with Crippen molar-refractivity contribution in [2.24, 2.45) is 0 Å². The van der Waals surface area contributed by atoms with E-state index in [9.17, 15) is 18.4 Å². The predicted molar refractivity (Wildman–Crippen MR) is 88.5 cm³/mol. The molecule has 7 heteroatoms. The molecule has 3 aromatic rings. The largest absolute Gasteiger partial charge is 0.417 e. The first kappa shape index (κ1) is 15.8. The molecule has 2 aromatic heterocycles. The van der Waals surface area contributed by atoms with Crippen LogP contribution in [0.2, 0.25) is 0 Å². The van der Waals surface area contributed by atoms with Crippen LogP contribution < -0.4 is 4.90 Å². The standard InChI is InChI=1S/C18H15F3N4/c19-18(20,21)13-10-16(24-8-4-1-5-9-24)25-15-7-3-2-6-14(15)23-17(25)12(13)11-22/h2-3,6-7,10H,1,4-5,8-9H2. The molecule has 1 aliphatic heterocycles. The number of halogens is 3. The Bertz CT molecular complexity index is 991. The highest BCUT2D eigenvalue weighted by molar-refractivity contribution is 5.85. The average molecular weight is 344 g/mol. The van der Waals surface area contributed by atoms with Gasteiger partial charge in [0, 0.05) is 13.1 Å². The van der Waals surface area contributed by atoms with E-state index >= 15 is 0 Å². The Morgan fingerprint density at radius 3 is 2.48 bits per heavy atom. The summed E-state index contributed by atoms with van der Waals surface area (Å²) >= 11 is 0. The molecule has 1 aromatic carbocycles. The van der Waals surface area contributed by atoms with Gasteiger partial charge in [-0.2, -0.15) is 18.4 Å². The maximum absolute atomic E-state index is 13.6. The second-order valence-electron chi connectivity index (χ2n) is 6.21. The minimum Gasteiger partial charge on any atom is -0.358 e. The van der Waals surface area contributed by atoms with Gasteiger partial charge >= 0.3 is 6.18 Å². The molecule has 0 aliphatic carbocycles. The van der Waals surface area contributed by atoms with Crippen molar-refractivity contribution in [1.82, 2.24) is 9.38 Å². The fourth-order valence-corrected chi connectivity index (χ4v) is 3.50. The van der Waals surface area contributed by atoms with Crippen molar-refractivity contribution in [1.29, 1.82) is 5.26 Å². The molecule has 0 atom stereocenters. The number of hydrogen-bond donors (Lipinski definition) is 0. The van der Waals surface area contributed by atoms with Crippen molar-refractivity contribution in [3.8, 4) is 6.07 Å². The monoisotopic (exact) mass is 344 g/mol. The molecule has 0 spiro atoms. The van der Waals surface area contributed by atoms with Gasteiger partial charge in [0.25, 0.3) is 0 Å². The van der Waals surface area contributed by atoms with Crippen molar-refractivity contribution in [2.75, 3.05) is 18.0 Å². The summed E-state index contributed by atoms with van der Waals surface area (Å²) in [4.78, 5) is 6.29. The highest BCUT2D eigenvalue weighted by Crippen LogP contribution is 2.38. The number of para-hydroxylation sites is 2. The van der Waals surface area contributed by atoms with E-state index in [2.05, 4.69) is 4.98 Å². The number of fused-ring (bicyclic) bond motifs is 3. The Labute approximate surface area is 142 Å². The first-order chi connectivity index (χ1) is 12.0. The minimum atomic E-state index is -4.60. The molecule has 0 saturated carbocycles. The lowest BCUT2D eigenvalue weighted by molar-refractivity contribution is -0.137. The van der Waals surface area contributed by atoms with E-state index in [1.807, 2.05) is 17.0 Å².